The van der Waals surface area contributed by atoms with Gasteiger partial charge in [-0.2, -0.15) is 0 Å². The molecule has 0 saturated heterocycles. The molecule has 0 atom stereocenters. The number of furan rings is 1. The molecule has 0 bridgehead atoms. The van der Waals surface area contributed by atoms with Gasteiger partial charge in [0.05, 0.1) is 22.4 Å². The first-order valence-corrected chi connectivity index (χ1v) is 18.1. The van der Waals surface area contributed by atoms with Crippen LogP contribution in [0.25, 0.3) is 72.1 Å². The second kappa shape index (κ2) is 14.9. The van der Waals surface area contributed by atoms with Crippen molar-refractivity contribution in [1.82, 2.24) is 14.5 Å². The number of hydrogen-bond acceptors (Lipinski definition) is 3. The van der Waals surface area contributed by atoms with E-state index in [-0.39, 0.29) is 20.1 Å². The monoisotopic (exact) mass is 868 g/mol. The Bertz CT molecular complexity index is 2690. The van der Waals surface area contributed by atoms with Crippen LogP contribution in [-0.4, -0.2) is 14.5 Å². The number of fused-ring (bicyclic) bond motifs is 5. The summed E-state index contributed by atoms with van der Waals surface area (Å²) in [6, 6.07) is 48.7. The van der Waals surface area contributed by atoms with Crippen LogP contribution >= 0.6 is 0 Å². The summed E-state index contributed by atoms with van der Waals surface area (Å²) in [6.45, 7) is 13.2. The van der Waals surface area contributed by atoms with E-state index in [1.54, 1.807) is 0 Å². The van der Waals surface area contributed by atoms with Gasteiger partial charge in [-0.1, -0.05) is 105 Å². The molecule has 1 radical (unpaired) electrons. The molecule has 5 heteroatoms. The van der Waals surface area contributed by atoms with Gasteiger partial charge in [0.25, 0.3) is 0 Å². The van der Waals surface area contributed by atoms with Crippen molar-refractivity contribution in [1.29, 1.82) is 0 Å². The van der Waals surface area contributed by atoms with Crippen LogP contribution in [0.5, 0.6) is 0 Å². The van der Waals surface area contributed by atoms with Crippen molar-refractivity contribution in [3.63, 3.8) is 0 Å². The van der Waals surface area contributed by atoms with Gasteiger partial charge in [0.15, 0.2) is 0 Å². The van der Waals surface area contributed by atoms with E-state index < -0.39 is 0 Å². The van der Waals surface area contributed by atoms with E-state index in [1.165, 1.54) is 38.7 Å². The molecule has 0 N–H and O–H groups in total. The van der Waals surface area contributed by atoms with Gasteiger partial charge in [0.2, 0.25) is 0 Å². The fourth-order valence-electron chi connectivity index (χ4n) is 7.11. The van der Waals surface area contributed by atoms with Crippen molar-refractivity contribution in [2.45, 2.75) is 53.4 Å². The van der Waals surface area contributed by atoms with Crippen molar-refractivity contribution in [3.8, 4) is 28.3 Å². The average molecular weight is 868 g/mol. The van der Waals surface area contributed by atoms with Crippen LogP contribution in [-0.2, 0) is 20.1 Å². The molecule has 265 valence electrons. The molecule has 53 heavy (non-hydrogen) atoms. The standard InChI is InChI=1S/C25H25N2.C23H16NO.Ir/c1-17(2)20-13-10-14-21(18(3)4)24(20)27-23-16-9-8-15-22(23)26-25(27)19-11-6-5-7-12-19;1-14-10-21(24-13-15(14)2)19-9-5-8-18-20-11-16-6-3-4-7-17(16)12-22(20)25-23(18)19;/h5-11,13-18H,1-4H3;3-8,10-13H,1-2H3;/q2*-1;. The summed E-state index contributed by atoms with van der Waals surface area (Å²) in [5.74, 6) is 1.80. The van der Waals surface area contributed by atoms with Crippen LogP contribution in [0.15, 0.2) is 132 Å². The molecule has 4 nitrogen and oxygen atoms in total. The Morgan fingerprint density at radius 1 is 0.660 bits per heavy atom. The zero-order valence-corrected chi connectivity index (χ0v) is 33.3. The fraction of sp³-hybridized carbons (Fsp3) is 0.167. The summed E-state index contributed by atoms with van der Waals surface area (Å²) < 4.78 is 8.58. The third-order valence-electron chi connectivity index (χ3n) is 10.0. The van der Waals surface area contributed by atoms with Gasteiger partial charge in [-0.05, 0) is 83.1 Å². The Morgan fingerprint density at radius 2 is 1.36 bits per heavy atom. The van der Waals surface area contributed by atoms with Gasteiger partial charge in [0.1, 0.15) is 5.58 Å². The van der Waals surface area contributed by atoms with E-state index in [9.17, 15) is 0 Å². The number of aromatic nitrogens is 3. The van der Waals surface area contributed by atoms with Crippen LogP contribution in [0.2, 0.25) is 0 Å². The van der Waals surface area contributed by atoms with E-state index in [0.717, 1.165) is 55.6 Å². The normalized spacial score (nSPS) is 11.4. The second-order valence-corrected chi connectivity index (χ2v) is 14.2. The topological polar surface area (TPSA) is 43.9 Å². The van der Waals surface area contributed by atoms with Gasteiger partial charge in [0, 0.05) is 37.4 Å². The molecule has 3 aromatic heterocycles. The maximum atomic E-state index is 6.24. The van der Waals surface area contributed by atoms with Crippen molar-refractivity contribution < 1.29 is 24.5 Å². The first-order chi connectivity index (χ1) is 25.3. The van der Waals surface area contributed by atoms with Crippen LogP contribution in [0.3, 0.4) is 0 Å². The van der Waals surface area contributed by atoms with Gasteiger partial charge < -0.3 is 14.0 Å². The third-order valence-corrected chi connectivity index (χ3v) is 10.0. The molecule has 0 unspecified atom stereocenters. The van der Waals surface area contributed by atoms with E-state index >= 15 is 0 Å². The van der Waals surface area contributed by atoms with Gasteiger partial charge in [-0.25, -0.2) is 0 Å². The summed E-state index contributed by atoms with van der Waals surface area (Å²) in [6.07, 6.45) is 1.91. The summed E-state index contributed by atoms with van der Waals surface area (Å²) in [5.41, 5.74) is 13.1. The molecule has 0 amide bonds. The predicted molar refractivity (Wildman–Crippen MR) is 216 cm³/mol. The van der Waals surface area contributed by atoms with Crippen molar-refractivity contribution in [3.05, 3.63) is 162 Å². The summed E-state index contributed by atoms with van der Waals surface area (Å²) in [7, 11) is 0. The molecular formula is C48H41IrN3O-2. The quantitative estimate of drug-likeness (QED) is 0.162. The Hall–Kier alpha value is -5.35. The third kappa shape index (κ3) is 6.72. The molecular weight excluding hydrogens is 827 g/mol. The van der Waals surface area contributed by atoms with Crippen molar-refractivity contribution in [2.75, 3.05) is 0 Å². The number of rotatable bonds is 5. The Kier molecular flexibility index (Phi) is 10.2. The molecule has 0 aliphatic rings. The van der Waals surface area contributed by atoms with Crippen LogP contribution < -0.4 is 0 Å². The largest absolute Gasteiger partial charge is 0.501 e. The number of pyridine rings is 1. The van der Waals surface area contributed by atoms with E-state index in [1.807, 2.05) is 30.5 Å². The summed E-state index contributed by atoms with van der Waals surface area (Å²) in [5, 5.41) is 4.64. The minimum atomic E-state index is 0. The van der Waals surface area contributed by atoms with E-state index in [2.05, 4.69) is 160 Å². The Labute approximate surface area is 324 Å². The van der Waals surface area contributed by atoms with Crippen LogP contribution in [0.1, 0.15) is 61.8 Å². The molecule has 0 aliphatic carbocycles. The number of benzene rings is 6. The molecule has 3 heterocycles. The zero-order chi connectivity index (χ0) is 35.9. The van der Waals surface area contributed by atoms with Crippen LogP contribution in [0.4, 0.5) is 0 Å². The smallest absolute Gasteiger partial charge is 0.121 e. The Balaban J connectivity index is 0.000000161. The molecule has 9 rings (SSSR count). The minimum Gasteiger partial charge on any atom is -0.501 e. The summed E-state index contributed by atoms with van der Waals surface area (Å²) in [4.78, 5) is 9.59. The maximum Gasteiger partial charge on any atom is 0.121 e. The van der Waals surface area contributed by atoms with Crippen molar-refractivity contribution >= 4 is 43.7 Å². The molecule has 0 aliphatic heterocycles. The SMILES string of the molecule is CC(C)c1cccc(C(C)C)c1-n1c(-c2[c-]cccc2)nc2ccccc21.Cc1cnc(-c2[c-]ccc3c2oc2cc4ccccc4cc23)cc1C.[Ir]. The molecule has 0 saturated carbocycles. The summed E-state index contributed by atoms with van der Waals surface area (Å²) >= 11 is 0. The van der Waals surface area contributed by atoms with E-state index in [4.69, 9.17) is 9.40 Å². The van der Waals surface area contributed by atoms with Gasteiger partial charge in [-0.15, -0.1) is 54.1 Å². The van der Waals surface area contributed by atoms with E-state index in [0.29, 0.717) is 11.8 Å². The molecule has 0 spiro atoms. The fourth-order valence-corrected chi connectivity index (χ4v) is 7.11. The average Bonchev–Trinajstić information content (AvgIpc) is 3.73. The molecule has 0 fully saturated rings. The first kappa shape index (κ1) is 36.0. The number of hydrogen-bond donors (Lipinski definition) is 0. The van der Waals surface area contributed by atoms with Gasteiger partial charge >= 0.3 is 0 Å². The Morgan fingerprint density at radius 3 is 2.06 bits per heavy atom. The number of nitrogens with zero attached hydrogens (tertiary/aromatic N) is 3. The number of aryl methyl sites for hydroxylation is 2. The number of para-hydroxylation sites is 3. The minimum absolute atomic E-state index is 0. The van der Waals surface area contributed by atoms with Crippen molar-refractivity contribution in [2.24, 2.45) is 0 Å². The van der Waals surface area contributed by atoms with Crippen LogP contribution in [0, 0.1) is 26.0 Å². The predicted octanol–water partition coefficient (Wildman–Crippen LogP) is 13.0. The molecule has 6 aromatic carbocycles. The first-order valence-electron chi connectivity index (χ1n) is 18.1. The maximum absolute atomic E-state index is 6.24. The number of imidazole rings is 1. The molecule has 9 aromatic rings. The zero-order valence-electron chi connectivity index (χ0n) is 30.9. The second-order valence-electron chi connectivity index (χ2n) is 14.2. The van der Waals surface area contributed by atoms with Gasteiger partial charge in [-0.3, -0.25) is 4.98 Å².